The highest BCUT2D eigenvalue weighted by molar-refractivity contribution is 8.00. The minimum atomic E-state index is -1.48. The molecule has 0 aromatic heterocycles. The highest BCUT2D eigenvalue weighted by Gasteiger charge is 2.54. The van der Waals surface area contributed by atoms with Gasteiger partial charge >= 0.3 is 24.1 Å². The first-order chi connectivity index (χ1) is 19.4. The Morgan fingerprint density at radius 3 is 2.51 bits per heavy atom. The molecule has 1 aromatic carbocycles. The Kier molecular flexibility index (Phi) is 8.36. The van der Waals surface area contributed by atoms with E-state index in [9.17, 15) is 43.8 Å². The Balaban J connectivity index is 1.52. The van der Waals surface area contributed by atoms with E-state index in [1.165, 1.54) is 24.3 Å². The summed E-state index contributed by atoms with van der Waals surface area (Å²) in [6.45, 7) is 1.02. The molecule has 2 saturated heterocycles. The van der Waals surface area contributed by atoms with E-state index in [2.05, 4.69) is 15.4 Å². The molecular weight excluding hydrogens is 564 g/mol. The number of aromatic hydroxyl groups is 1. The van der Waals surface area contributed by atoms with Crippen LogP contribution in [0.1, 0.15) is 24.9 Å². The molecule has 3 heterocycles. The maximum absolute atomic E-state index is 13.4. The Labute approximate surface area is 236 Å². The fourth-order valence-electron chi connectivity index (χ4n) is 4.54. The van der Waals surface area contributed by atoms with Gasteiger partial charge in [0.1, 0.15) is 35.5 Å². The van der Waals surface area contributed by atoms with Gasteiger partial charge in [0.15, 0.2) is 0 Å². The van der Waals surface area contributed by atoms with E-state index in [1.807, 2.05) is 0 Å². The molecular formula is C24H26N6O10S. The van der Waals surface area contributed by atoms with Gasteiger partial charge in [0.25, 0.3) is 5.91 Å². The predicted octanol–water partition coefficient (Wildman–Crippen LogP) is -0.349. The second-order valence-corrected chi connectivity index (χ2v) is 10.2. The summed E-state index contributed by atoms with van der Waals surface area (Å²) in [6.07, 6.45) is -1.06. The number of carbonyl (C=O) groups is 7. The smallest absolute Gasteiger partial charge is 0.404 e. The number of nitrogens with one attached hydrogen (secondary N) is 2. The van der Waals surface area contributed by atoms with Crippen molar-refractivity contribution in [3.63, 3.8) is 0 Å². The third-order valence-electron chi connectivity index (χ3n) is 6.53. The number of urea groups is 2. The normalized spacial score (nSPS) is 20.7. The van der Waals surface area contributed by atoms with Crippen LogP contribution in [0.2, 0.25) is 0 Å². The molecule has 3 aliphatic rings. The second-order valence-electron chi connectivity index (χ2n) is 9.07. The summed E-state index contributed by atoms with van der Waals surface area (Å²) in [6, 6.07) is 0.917. The number of hydrogen-bond acceptors (Lipinski definition) is 10. The van der Waals surface area contributed by atoms with Crippen LogP contribution < -0.4 is 16.4 Å². The van der Waals surface area contributed by atoms with E-state index in [-0.39, 0.29) is 47.8 Å². The number of thioether (sulfide) groups is 1. The van der Waals surface area contributed by atoms with Crippen molar-refractivity contribution < 1.29 is 48.5 Å². The Hall–Kier alpha value is -4.80. The maximum Gasteiger partial charge on any atom is 0.404 e. The monoisotopic (exact) mass is 590 g/mol. The van der Waals surface area contributed by atoms with Crippen LogP contribution in [-0.4, -0.2) is 104 Å². The zero-order valence-electron chi connectivity index (χ0n) is 21.6. The molecule has 1 aromatic rings. The van der Waals surface area contributed by atoms with Crippen LogP contribution in [0.4, 0.5) is 14.4 Å². The number of nitrogens with two attached hydrogens (primary N) is 1. The van der Waals surface area contributed by atoms with Crippen LogP contribution in [0.5, 0.6) is 5.75 Å². The van der Waals surface area contributed by atoms with Crippen molar-refractivity contribution in [2.24, 2.45) is 5.73 Å². The van der Waals surface area contributed by atoms with Gasteiger partial charge in [-0.15, -0.1) is 11.8 Å². The summed E-state index contributed by atoms with van der Waals surface area (Å²) in [5, 5.41) is 23.8. The number of phenolic OH excluding ortho intramolecular Hbond substituents is 1. The van der Waals surface area contributed by atoms with Crippen molar-refractivity contribution >= 4 is 53.6 Å². The van der Waals surface area contributed by atoms with E-state index < -0.39 is 65.9 Å². The van der Waals surface area contributed by atoms with Gasteiger partial charge in [0, 0.05) is 24.3 Å². The zero-order chi connectivity index (χ0) is 30.0. The highest BCUT2D eigenvalue weighted by atomic mass is 32.2. The standard InChI is InChI=1S/C24H26N6O10S/c1-2-14(32)28-6-7-29(24(28)39)23(38)27-15(11-4-3-5-13(31)8-11)18(33)26-16-19(34)30-17(21(35)36)12(9-40-22(25)37)10-41-20(16)30/h3-5,8,15-16,20,31H,2,6-7,9-10H2,1H3,(H2,25,37)(H,26,33)(H,27,38)(H,35,36)/t15?,16?,20-/m0/s1. The molecule has 218 valence electrons. The fraction of sp³-hybridized carbons (Fsp3) is 0.375. The number of imide groups is 2. The number of carboxylic acid groups (broad SMARTS) is 1. The Bertz CT molecular complexity index is 1370. The number of amides is 8. The molecule has 4 rings (SSSR count). The number of benzene rings is 1. The number of nitrogens with zero attached hydrogens (tertiary/aromatic N) is 3. The number of hydrogen-bond donors (Lipinski definition) is 5. The van der Waals surface area contributed by atoms with Crippen molar-refractivity contribution in [3.05, 3.63) is 41.1 Å². The van der Waals surface area contributed by atoms with Crippen molar-refractivity contribution in [2.75, 3.05) is 25.4 Å². The minimum Gasteiger partial charge on any atom is -0.508 e. The average Bonchev–Trinajstić information content (AvgIpc) is 3.33. The summed E-state index contributed by atoms with van der Waals surface area (Å²) in [4.78, 5) is 89.6. The van der Waals surface area contributed by atoms with E-state index in [4.69, 9.17) is 5.73 Å². The SMILES string of the molecule is CCC(=O)N1CCN(C(=O)NC(C(=O)NC2C(=O)N3C(C(=O)O)=C(COC(N)=O)CS[C@@H]23)c2cccc(O)c2)C1=O. The average molecular weight is 591 g/mol. The van der Waals surface area contributed by atoms with Gasteiger partial charge < -0.3 is 31.3 Å². The number of primary amides is 1. The fourth-order valence-corrected chi connectivity index (χ4v) is 5.87. The number of β-lactam (4-membered cyclic amide) rings is 1. The molecule has 0 aliphatic carbocycles. The lowest BCUT2D eigenvalue weighted by molar-refractivity contribution is -0.151. The van der Waals surface area contributed by atoms with Crippen LogP contribution in [0, 0.1) is 0 Å². The first kappa shape index (κ1) is 29.2. The summed E-state index contributed by atoms with van der Waals surface area (Å²) in [5.41, 5.74) is 4.84. The largest absolute Gasteiger partial charge is 0.508 e. The summed E-state index contributed by atoms with van der Waals surface area (Å²) in [7, 11) is 0. The molecule has 2 fully saturated rings. The Morgan fingerprint density at radius 2 is 1.88 bits per heavy atom. The van der Waals surface area contributed by atoms with Crippen molar-refractivity contribution in [3.8, 4) is 5.75 Å². The predicted molar refractivity (Wildman–Crippen MR) is 139 cm³/mol. The summed E-state index contributed by atoms with van der Waals surface area (Å²) < 4.78 is 4.69. The number of aliphatic carboxylic acids is 1. The van der Waals surface area contributed by atoms with Crippen LogP contribution in [0.25, 0.3) is 0 Å². The number of rotatable bonds is 8. The van der Waals surface area contributed by atoms with Crippen LogP contribution in [0.3, 0.4) is 0 Å². The molecule has 0 spiro atoms. The van der Waals surface area contributed by atoms with Crippen LogP contribution in [-0.2, 0) is 23.9 Å². The van der Waals surface area contributed by atoms with Crippen molar-refractivity contribution in [1.29, 1.82) is 0 Å². The van der Waals surface area contributed by atoms with Gasteiger partial charge in [-0.25, -0.2) is 24.1 Å². The lowest BCUT2D eigenvalue weighted by Gasteiger charge is -2.49. The van der Waals surface area contributed by atoms with E-state index >= 15 is 0 Å². The lowest BCUT2D eigenvalue weighted by atomic mass is 10.0. The molecule has 16 nitrogen and oxygen atoms in total. The third kappa shape index (κ3) is 5.74. The minimum absolute atomic E-state index is 0.0148. The quantitative estimate of drug-likeness (QED) is 0.246. The van der Waals surface area contributed by atoms with Gasteiger partial charge in [0.05, 0.1) is 6.54 Å². The molecule has 3 aliphatic heterocycles. The highest BCUT2D eigenvalue weighted by Crippen LogP contribution is 2.40. The van der Waals surface area contributed by atoms with Gasteiger partial charge in [-0.1, -0.05) is 19.1 Å². The van der Waals surface area contributed by atoms with E-state index in [0.717, 1.165) is 26.5 Å². The van der Waals surface area contributed by atoms with Crippen molar-refractivity contribution in [2.45, 2.75) is 30.8 Å². The molecule has 17 heteroatoms. The first-order valence-electron chi connectivity index (χ1n) is 12.3. The molecule has 41 heavy (non-hydrogen) atoms. The maximum atomic E-state index is 13.4. The number of carboxylic acids is 1. The molecule has 6 N–H and O–H groups in total. The first-order valence-corrected chi connectivity index (χ1v) is 13.3. The van der Waals surface area contributed by atoms with Crippen molar-refractivity contribution in [1.82, 2.24) is 25.3 Å². The van der Waals surface area contributed by atoms with Crippen LogP contribution in [0.15, 0.2) is 35.5 Å². The number of ether oxygens (including phenoxy) is 1. The molecule has 0 bridgehead atoms. The number of phenols is 1. The van der Waals surface area contributed by atoms with Crippen LogP contribution >= 0.6 is 11.8 Å². The summed E-state index contributed by atoms with van der Waals surface area (Å²) >= 11 is 1.12. The van der Waals surface area contributed by atoms with Gasteiger partial charge in [-0.3, -0.25) is 24.2 Å². The molecule has 0 saturated carbocycles. The molecule has 0 radical (unpaired) electrons. The number of carbonyl (C=O) groups excluding carboxylic acids is 6. The number of fused-ring (bicyclic) bond motifs is 1. The molecule has 8 amide bonds. The van der Waals surface area contributed by atoms with E-state index in [0.29, 0.717) is 0 Å². The molecule has 3 atom stereocenters. The van der Waals surface area contributed by atoms with Gasteiger partial charge in [-0.2, -0.15) is 0 Å². The second kappa shape index (κ2) is 11.7. The van der Waals surface area contributed by atoms with Gasteiger partial charge in [0.2, 0.25) is 11.8 Å². The topological polar surface area (TPSA) is 229 Å². The summed E-state index contributed by atoms with van der Waals surface area (Å²) in [5.74, 6) is -3.69. The third-order valence-corrected chi connectivity index (χ3v) is 7.87. The van der Waals surface area contributed by atoms with E-state index in [1.54, 1.807) is 6.92 Å². The Morgan fingerprint density at radius 1 is 1.17 bits per heavy atom. The molecule has 2 unspecified atom stereocenters. The van der Waals surface area contributed by atoms with Gasteiger partial charge in [-0.05, 0) is 17.7 Å². The zero-order valence-corrected chi connectivity index (χ0v) is 22.4. The lowest BCUT2D eigenvalue weighted by Crippen LogP contribution is -2.71.